The zero-order valence-electron chi connectivity index (χ0n) is 13.3. The molecular weight excluding hydrogens is 328 g/mol. The van der Waals surface area contributed by atoms with Crippen molar-refractivity contribution in [2.45, 2.75) is 6.92 Å². The van der Waals surface area contributed by atoms with Crippen LogP contribution in [0, 0.1) is 6.92 Å². The molecule has 0 atom stereocenters. The SMILES string of the molecule is Cc1cc(Cl)ccc1NC(=S)N/N=C\c1ccc(N(C)C)cc1. The first-order valence-corrected chi connectivity index (χ1v) is 7.88. The molecular formula is C17H19ClN4S. The second-order valence-corrected chi connectivity index (χ2v) is 6.11. The van der Waals surface area contributed by atoms with Crippen molar-refractivity contribution in [3.05, 3.63) is 58.6 Å². The Hall–Kier alpha value is -2.11. The lowest BCUT2D eigenvalue weighted by Crippen LogP contribution is -2.24. The molecule has 2 aromatic carbocycles. The minimum absolute atomic E-state index is 0.427. The van der Waals surface area contributed by atoms with Crippen molar-refractivity contribution in [2.24, 2.45) is 5.10 Å². The molecule has 0 amide bonds. The highest BCUT2D eigenvalue weighted by Crippen LogP contribution is 2.19. The van der Waals surface area contributed by atoms with E-state index in [0.717, 1.165) is 22.5 Å². The van der Waals surface area contributed by atoms with Crippen LogP contribution in [0.4, 0.5) is 11.4 Å². The summed E-state index contributed by atoms with van der Waals surface area (Å²) in [6.07, 6.45) is 1.72. The number of benzene rings is 2. The lowest BCUT2D eigenvalue weighted by molar-refractivity contribution is 1.05. The predicted octanol–water partition coefficient (Wildman–Crippen LogP) is 4.03. The third-order valence-corrected chi connectivity index (χ3v) is 3.65. The van der Waals surface area contributed by atoms with E-state index >= 15 is 0 Å². The predicted molar refractivity (Wildman–Crippen MR) is 104 cm³/mol. The molecule has 0 fully saturated rings. The summed E-state index contributed by atoms with van der Waals surface area (Å²) in [7, 11) is 4.01. The Balaban J connectivity index is 1.90. The smallest absolute Gasteiger partial charge is 0.191 e. The molecule has 4 nitrogen and oxygen atoms in total. The number of halogens is 1. The van der Waals surface area contributed by atoms with Crippen LogP contribution in [0.3, 0.4) is 0 Å². The molecule has 6 heteroatoms. The van der Waals surface area contributed by atoms with Gasteiger partial charge in [0.25, 0.3) is 0 Å². The van der Waals surface area contributed by atoms with Crippen molar-refractivity contribution in [1.82, 2.24) is 5.43 Å². The Morgan fingerprint density at radius 1 is 1.17 bits per heavy atom. The highest BCUT2D eigenvalue weighted by molar-refractivity contribution is 7.80. The third-order valence-electron chi connectivity index (χ3n) is 3.23. The number of hydrogen-bond acceptors (Lipinski definition) is 3. The first-order valence-electron chi connectivity index (χ1n) is 7.09. The molecule has 0 aromatic heterocycles. The molecule has 2 N–H and O–H groups in total. The second kappa shape index (κ2) is 7.94. The average Bonchev–Trinajstić information content (AvgIpc) is 2.50. The van der Waals surface area contributed by atoms with Gasteiger partial charge < -0.3 is 10.2 Å². The van der Waals surface area contributed by atoms with Gasteiger partial charge in [0.1, 0.15) is 0 Å². The van der Waals surface area contributed by atoms with Crippen LogP contribution in [0.25, 0.3) is 0 Å². The topological polar surface area (TPSA) is 39.7 Å². The van der Waals surface area contributed by atoms with Gasteiger partial charge in [0.2, 0.25) is 0 Å². The average molecular weight is 347 g/mol. The van der Waals surface area contributed by atoms with Crippen molar-refractivity contribution < 1.29 is 0 Å². The van der Waals surface area contributed by atoms with Crippen molar-refractivity contribution in [3.8, 4) is 0 Å². The van der Waals surface area contributed by atoms with Crippen LogP contribution < -0.4 is 15.6 Å². The Kier molecular flexibility index (Phi) is 5.96. The van der Waals surface area contributed by atoms with Crippen LogP contribution in [0.2, 0.25) is 5.02 Å². The monoisotopic (exact) mass is 346 g/mol. The molecule has 0 bridgehead atoms. The van der Waals surface area contributed by atoms with Gasteiger partial charge in [-0.1, -0.05) is 23.7 Å². The van der Waals surface area contributed by atoms with Gasteiger partial charge in [-0.3, -0.25) is 5.43 Å². The molecule has 0 unspecified atom stereocenters. The van der Waals surface area contributed by atoms with Crippen LogP contribution in [-0.2, 0) is 0 Å². The van der Waals surface area contributed by atoms with Gasteiger partial charge in [-0.05, 0) is 60.6 Å². The van der Waals surface area contributed by atoms with E-state index < -0.39 is 0 Å². The summed E-state index contributed by atoms with van der Waals surface area (Å²) in [5, 5.41) is 8.36. The third kappa shape index (κ3) is 5.23. The van der Waals surface area contributed by atoms with Crippen LogP contribution in [0.15, 0.2) is 47.6 Å². The molecule has 2 aromatic rings. The van der Waals surface area contributed by atoms with Crippen LogP contribution in [0.1, 0.15) is 11.1 Å². The lowest BCUT2D eigenvalue weighted by atomic mass is 10.2. The van der Waals surface area contributed by atoms with Gasteiger partial charge in [0.05, 0.1) is 6.21 Å². The summed E-state index contributed by atoms with van der Waals surface area (Å²) >= 11 is 11.2. The number of nitrogens with one attached hydrogen (secondary N) is 2. The largest absolute Gasteiger partial charge is 0.378 e. The minimum atomic E-state index is 0.427. The highest BCUT2D eigenvalue weighted by atomic mass is 35.5. The van der Waals surface area contributed by atoms with Gasteiger partial charge in [-0.2, -0.15) is 5.10 Å². The molecule has 0 aliphatic rings. The molecule has 2 rings (SSSR count). The minimum Gasteiger partial charge on any atom is -0.378 e. The summed E-state index contributed by atoms with van der Waals surface area (Å²) in [6.45, 7) is 1.96. The Morgan fingerprint density at radius 2 is 1.87 bits per heavy atom. The quantitative estimate of drug-likeness (QED) is 0.498. The summed E-state index contributed by atoms with van der Waals surface area (Å²) in [5.41, 5.74) is 6.86. The zero-order chi connectivity index (χ0) is 16.8. The first kappa shape index (κ1) is 17.2. The maximum atomic E-state index is 5.93. The maximum Gasteiger partial charge on any atom is 0.191 e. The number of hydrazone groups is 1. The molecule has 0 saturated heterocycles. The number of rotatable bonds is 4. The standard InChI is InChI=1S/C17H19ClN4S/c1-12-10-14(18)6-9-16(12)20-17(23)21-19-11-13-4-7-15(8-5-13)22(2)3/h4-11H,1-3H3,(H2,20,21,23)/b19-11-. The molecule has 120 valence electrons. The van der Waals surface area contributed by atoms with E-state index in [1.54, 1.807) is 6.21 Å². The van der Waals surface area contributed by atoms with Gasteiger partial charge >= 0.3 is 0 Å². The summed E-state index contributed by atoms with van der Waals surface area (Å²) in [4.78, 5) is 2.05. The molecule has 0 radical (unpaired) electrons. The molecule has 23 heavy (non-hydrogen) atoms. The summed E-state index contributed by atoms with van der Waals surface area (Å²) in [5.74, 6) is 0. The van der Waals surface area contributed by atoms with Crippen molar-refractivity contribution in [3.63, 3.8) is 0 Å². The summed E-state index contributed by atoms with van der Waals surface area (Å²) in [6, 6.07) is 13.6. The van der Waals surface area contributed by atoms with Crippen molar-refractivity contribution >= 4 is 46.5 Å². The number of nitrogens with zero attached hydrogens (tertiary/aromatic N) is 2. The van der Waals surface area contributed by atoms with Crippen molar-refractivity contribution in [2.75, 3.05) is 24.3 Å². The number of thiocarbonyl (C=S) groups is 1. The molecule has 0 heterocycles. The normalized spacial score (nSPS) is 10.6. The Morgan fingerprint density at radius 3 is 2.48 bits per heavy atom. The maximum absolute atomic E-state index is 5.93. The molecule has 0 saturated carbocycles. The Bertz CT molecular complexity index is 711. The highest BCUT2D eigenvalue weighted by Gasteiger charge is 2.01. The van der Waals surface area contributed by atoms with Crippen LogP contribution in [0.5, 0.6) is 0 Å². The fourth-order valence-electron chi connectivity index (χ4n) is 1.94. The first-order chi connectivity index (χ1) is 11.0. The lowest BCUT2D eigenvalue weighted by Gasteiger charge is -2.12. The molecule has 0 spiro atoms. The van der Waals surface area contributed by atoms with E-state index in [4.69, 9.17) is 23.8 Å². The van der Waals surface area contributed by atoms with Gasteiger partial charge in [0.15, 0.2) is 5.11 Å². The molecule has 0 aliphatic heterocycles. The van der Waals surface area contributed by atoms with Gasteiger partial charge in [-0.15, -0.1) is 0 Å². The van der Waals surface area contributed by atoms with E-state index in [0.29, 0.717) is 10.1 Å². The van der Waals surface area contributed by atoms with E-state index in [2.05, 4.69) is 15.8 Å². The van der Waals surface area contributed by atoms with Gasteiger partial charge in [0, 0.05) is 30.5 Å². The van der Waals surface area contributed by atoms with Crippen molar-refractivity contribution in [1.29, 1.82) is 0 Å². The summed E-state index contributed by atoms with van der Waals surface area (Å²) < 4.78 is 0. The second-order valence-electron chi connectivity index (χ2n) is 5.27. The Labute approximate surface area is 147 Å². The zero-order valence-corrected chi connectivity index (χ0v) is 14.9. The van der Waals surface area contributed by atoms with E-state index in [1.165, 1.54) is 0 Å². The van der Waals surface area contributed by atoms with Crippen LogP contribution >= 0.6 is 23.8 Å². The fourth-order valence-corrected chi connectivity index (χ4v) is 2.33. The van der Waals surface area contributed by atoms with Crippen LogP contribution in [-0.4, -0.2) is 25.4 Å². The van der Waals surface area contributed by atoms with E-state index in [-0.39, 0.29) is 0 Å². The number of hydrogen-bond donors (Lipinski definition) is 2. The molecule has 0 aliphatic carbocycles. The van der Waals surface area contributed by atoms with E-state index in [1.807, 2.05) is 68.4 Å². The van der Waals surface area contributed by atoms with E-state index in [9.17, 15) is 0 Å². The fraction of sp³-hybridized carbons (Fsp3) is 0.176. The number of anilines is 2. The number of aryl methyl sites for hydroxylation is 1. The van der Waals surface area contributed by atoms with Gasteiger partial charge in [-0.25, -0.2) is 0 Å².